The summed E-state index contributed by atoms with van der Waals surface area (Å²) in [7, 11) is 1.41. The third-order valence-electron chi connectivity index (χ3n) is 2.64. The molecule has 84 valence electrons. The Kier molecular flexibility index (Phi) is 2.92. The van der Waals surface area contributed by atoms with Crippen molar-refractivity contribution >= 4 is 16.9 Å². The van der Waals surface area contributed by atoms with Crippen LogP contribution in [0.4, 0.5) is 0 Å². The summed E-state index contributed by atoms with van der Waals surface area (Å²) >= 11 is 0. The van der Waals surface area contributed by atoms with Crippen LogP contribution in [0.3, 0.4) is 0 Å². The fourth-order valence-corrected chi connectivity index (χ4v) is 1.77. The van der Waals surface area contributed by atoms with Gasteiger partial charge in [-0.2, -0.15) is 0 Å². The number of fused-ring (bicyclic) bond motifs is 1. The molecule has 0 aliphatic heterocycles. The molecule has 2 rings (SSSR count). The number of aromatic amines is 1. The zero-order valence-corrected chi connectivity index (χ0v) is 8.93. The van der Waals surface area contributed by atoms with Gasteiger partial charge in [-0.3, -0.25) is 0 Å². The highest BCUT2D eigenvalue weighted by Gasteiger charge is 2.18. The van der Waals surface area contributed by atoms with Crippen molar-refractivity contribution in [3.05, 3.63) is 36.0 Å². The molecule has 0 aliphatic rings. The van der Waals surface area contributed by atoms with Gasteiger partial charge in [0.05, 0.1) is 0 Å². The van der Waals surface area contributed by atoms with Gasteiger partial charge in [-0.05, 0) is 11.6 Å². The Bertz CT molecular complexity index is 504. The molecular formula is C12H13NO3. The highest BCUT2D eigenvalue weighted by atomic mass is 16.5. The molecule has 1 heterocycles. The number of rotatable bonds is 4. The molecule has 0 aliphatic carbocycles. The summed E-state index contributed by atoms with van der Waals surface area (Å²) in [5.41, 5.74) is 1.97. The minimum Gasteiger partial charge on any atom is -0.479 e. The van der Waals surface area contributed by atoms with Gasteiger partial charge < -0.3 is 14.8 Å². The van der Waals surface area contributed by atoms with Crippen LogP contribution >= 0.6 is 0 Å². The lowest BCUT2D eigenvalue weighted by Crippen LogP contribution is -2.24. The Morgan fingerprint density at radius 3 is 2.94 bits per heavy atom. The topological polar surface area (TPSA) is 62.3 Å². The number of aliphatic carboxylic acids is 1. The van der Waals surface area contributed by atoms with Crippen LogP contribution in [-0.2, 0) is 16.0 Å². The molecule has 2 aromatic rings. The number of ether oxygens (including phenoxy) is 1. The maximum Gasteiger partial charge on any atom is 0.333 e. The summed E-state index contributed by atoms with van der Waals surface area (Å²) in [6.45, 7) is 0. The van der Waals surface area contributed by atoms with Crippen molar-refractivity contribution < 1.29 is 14.6 Å². The molecular weight excluding hydrogens is 206 g/mol. The summed E-state index contributed by atoms with van der Waals surface area (Å²) in [6, 6.07) is 7.80. The molecule has 0 radical (unpaired) electrons. The molecule has 0 fully saturated rings. The number of para-hydroxylation sites is 1. The Labute approximate surface area is 92.9 Å². The summed E-state index contributed by atoms with van der Waals surface area (Å²) in [6.07, 6.45) is 1.41. The van der Waals surface area contributed by atoms with Crippen LogP contribution in [0.25, 0.3) is 10.9 Å². The van der Waals surface area contributed by atoms with Crippen molar-refractivity contribution in [3.8, 4) is 0 Å². The van der Waals surface area contributed by atoms with E-state index in [0.717, 1.165) is 16.5 Å². The Hall–Kier alpha value is -1.81. The highest BCUT2D eigenvalue weighted by molar-refractivity contribution is 5.84. The van der Waals surface area contributed by atoms with E-state index in [1.165, 1.54) is 7.11 Å². The molecule has 0 unspecified atom stereocenters. The average molecular weight is 219 g/mol. The monoisotopic (exact) mass is 219 g/mol. The number of benzene rings is 1. The van der Waals surface area contributed by atoms with Crippen molar-refractivity contribution in [2.24, 2.45) is 0 Å². The second-order valence-electron chi connectivity index (χ2n) is 3.63. The average Bonchev–Trinajstić information content (AvgIpc) is 2.69. The van der Waals surface area contributed by atoms with Gasteiger partial charge in [0.25, 0.3) is 0 Å². The van der Waals surface area contributed by atoms with Gasteiger partial charge in [-0.15, -0.1) is 0 Å². The highest BCUT2D eigenvalue weighted by Crippen LogP contribution is 2.19. The second kappa shape index (κ2) is 4.37. The first-order valence-electron chi connectivity index (χ1n) is 5.03. The minimum absolute atomic E-state index is 0.371. The number of aromatic nitrogens is 1. The molecule has 0 saturated heterocycles. The summed E-state index contributed by atoms with van der Waals surface area (Å²) in [5.74, 6) is -0.937. The number of hydrogen-bond donors (Lipinski definition) is 2. The van der Waals surface area contributed by atoms with Crippen LogP contribution in [0, 0.1) is 0 Å². The normalized spacial score (nSPS) is 12.8. The first-order chi connectivity index (χ1) is 7.72. The van der Waals surface area contributed by atoms with E-state index in [0.29, 0.717) is 6.42 Å². The van der Waals surface area contributed by atoms with Gasteiger partial charge in [-0.25, -0.2) is 4.79 Å². The van der Waals surface area contributed by atoms with Gasteiger partial charge in [0, 0.05) is 30.6 Å². The summed E-state index contributed by atoms with van der Waals surface area (Å²) in [4.78, 5) is 14.0. The summed E-state index contributed by atoms with van der Waals surface area (Å²) < 4.78 is 4.92. The first-order valence-corrected chi connectivity index (χ1v) is 5.03. The van der Waals surface area contributed by atoms with Crippen LogP contribution in [-0.4, -0.2) is 29.3 Å². The van der Waals surface area contributed by atoms with E-state index in [-0.39, 0.29) is 0 Å². The van der Waals surface area contributed by atoms with E-state index in [1.54, 1.807) is 0 Å². The smallest absolute Gasteiger partial charge is 0.333 e. The number of nitrogens with one attached hydrogen (secondary N) is 1. The molecule has 1 atom stereocenters. The minimum atomic E-state index is -0.937. The number of H-pyrrole nitrogens is 1. The van der Waals surface area contributed by atoms with Crippen molar-refractivity contribution in [1.29, 1.82) is 0 Å². The number of carboxylic acid groups (broad SMARTS) is 1. The second-order valence-corrected chi connectivity index (χ2v) is 3.63. The molecule has 0 spiro atoms. The molecule has 1 aromatic heterocycles. The maximum atomic E-state index is 10.9. The molecule has 0 bridgehead atoms. The van der Waals surface area contributed by atoms with E-state index in [2.05, 4.69) is 4.98 Å². The molecule has 0 amide bonds. The number of carbonyl (C=O) groups is 1. The molecule has 2 N–H and O–H groups in total. The van der Waals surface area contributed by atoms with Crippen LogP contribution in [0.2, 0.25) is 0 Å². The van der Waals surface area contributed by atoms with Gasteiger partial charge in [-0.1, -0.05) is 18.2 Å². The van der Waals surface area contributed by atoms with E-state index >= 15 is 0 Å². The first kappa shape index (κ1) is 10.7. The third-order valence-corrected chi connectivity index (χ3v) is 2.64. The van der Waals surface area contributed by atoms with Crippen molar-refractivity contribution in [2.75, 3.05) is 7.11 Å². The molecule has 0 saturated carbocycles. The van der Waals surface area contributed by atoms with Crippen LogP contribution in [0.15, 0.2) is 30.5 Å². The number of hydrogen-bond acceptors (Lipinski definition) is 2. The lowest BCUT2D eigenvalue weighted by atomic mass is 10.1. The van der Waals surface area contributed by atoms with Gasteiger partial charge >= 0.3 is 5.97 Å². The largest absolute Gasteiger partial charge is 0.479 e. The van der Waals surface area contributed by atoms with E-state index in [4.69, 9.17) is 9.84 Å². The van der Waals surface area contributed by atoms with Crippen molar-refractivity contribution in [3.63, 3.8) is 0 Å². The van der Waals surface area contributed by atoms with Crippen LogP contribution in [0.1, 0.15) is 5.56 Å². The van der Waals surface area contributed by atoms with Crippen molar-refractivity contribution in [1.82, 2.24) is 4.98 Å². The van der Waals surface area contributed by atoms with Gasteiger partial charge in [0.2, 0.25) is 0 Å². The van der Waals surface area contributed by atoms with Gasteiger partial charge in [0.15, 0.2) is 6.10 Å². The predicted octanol–water partition coefficient (Wildman–Crippen LogP) is 1.81. The Balaban J connectivity index is 2.30. The Morgan fingerprint density at radius 1 is 1.50 bits per heavy atom. The molecule has 16 heavy (non-hydrogen) atoms. The van der Waals surface area contributed by atoms with Crippen molar-refractivity contribution in [2.45, 2.75) is 12.5 Å². The van der Waals surface area contributed by atoms with E-state index < -0.39 is 12.1 Å². The summed E-state index contributed by atoms with van der Waals surface area (Å²) in [5, 5.41) is 9.96. The zero-order valence-electron chi connectivity index (χ0n) is 8.93. The predicted molar refractivity (Wildman–Crippen MR) is 60.4 cm³/mol. The lowest BCUT2D eigenvalue weighted by Gasteiger charge is -2.08. The lowest BCUT2D eigenvalue weighted by molar-refractivity contribution is -0.148. The molecule has 4 heteroatoms. The quantitative estimate of drug-likeness (QED) is 0.824. The van der Waals surface area contributed by atoms with E-state index in [1.807, 2.05) is 30.5 Å². The number of methoxy groups -OCH3 is 1. The van der Waals surface area contributed by atoms with Gasteiger partial charge in [0.1, 0.15) is 0 Å². The van der Waals surface area contributed by atoms with Crippen LogP contribution < -0.4 is 0 Å². The SMILES string of the molecule is CO[C@@H](Cc1c[nH]c2ccccc12)C(=O)O. The zero-order chi connectivity index (χ0) is 11.5. The standard InChI is InChI=1S/C12H13NO3/c1-16-11(12(14)15)6-8-7-13-10-5-3-2-4-9(8)10/h2-5,7,11,13H,6H2,1H3,(H,14,15)/t11-/m0/s1. The molecule has 4 nitrogen and oxygen atoms in total. The maximum absolute atomic E-state index is 10.9. The fourth-order valence-electron chi connectivity index (χ4n) is 1.77. The third kappa shape index (κ3) is 1.92. The molecule has 1 aromatic carbocycles. The van der Waals surface area contributed by atoms with Crippen LogP contribution in [0.5, 0.6) is 0 Å². The Morgan fingerprint density at radius 2 is 2.25 bits per heavy atom. The van der Waals surface area contributed by atoms with E-state index in [9.17, 15) is 4.79 Å². The number of carboxylic acids is 1. The fraction of sp³-hybridized carbons (Fsp3) is 0.250.